The molecule has 6 heteroatoms. The summed E-state index contributed by atoms with van der Waals surface area (Å²) in [5.41, 5.74) is 0.418. The second-order valence-electron chi connectivity index (χ2n) is 4.97. The lowest BCUT2D eigenvalue weighted by Gasteiger charge is -2.12. The number of hydrogen-bond acceptors (Lipinski definition) is 5. The minimum absolute atomic E-state index is 0.250. The summed E-state index contributed by atoms with van der Waals surface area (Å²) in [7, 11) is 3.04. The van der Waals surface area contributed by atoms with Gasteiger partial charge in [0.15, 0.2) is 11.5 Å². The maximum atomic E-state index is 12.4. The topological polar surface area (TPSA) is 60.7 Å². The fourth-order valence-corrected chi connectivity index (χ4v) is 3.04. The number of carbonyl (C=O) groups excluding carboxylic acids is 1. The highest BCUT2D eigenvalue weighted by molar-refractivity contribution is 7.13. The first kappa shape index (κ1) is 16.1. The average Bonchev–Trinajstić information content (AvgIpc) is 3.29. The van der Waals surface area contributed by atoms with Crippen LogP contribution in [-0.4, -0.2) is 20.1 Å². The molecule has 0 fully saturated rings. The molecule has 124 valence electrons. The van der Waals surface area contributed by atoms with Gasteiger partial charge in [-0.15, -0.1) is 11.3 Å². The predicted molar refractivity (Wildman–Crippen MR) is 92.7 cm³/mol. The van der Waals surface area contributed by atoms with Gasteiger partial charge >= 0.3 is 0 Å². The Morgan fingerprint density at radius 2 is 2.00 bits per heavy atom. The summed E-state index contributed by atoms with van der Waals surface area (Å²) in [6.07, 6.45) is 0. The predicted octanol–water partition coefficient (Wildman–Crippen LogP) is 3.96. The summed E-state index contributed by atoms with van der Waals surface area (Å²) in [4.78, 5) is 13.5. The molecule has 3 aromatic rings. The van der Waals surface area contributed by atoms with Crippen molar-refractivity contribution in [3.63, 3.8) is 0 Å². The molecule has 24 heavy (non-hydrogen) atoms. The molecule has 2 aromatic heterocycles. The minimum Gasteiger partial charge on any atom is -0.493 e. The van der Waals surface area contributed by atoms with E-state index in [1.54, 1.807) is 29.5 Å². The molecule has 5 nitrogen and oxygen atoms in total. The van der Waals surface area contributed by atoms with Crippen LogP contribution in [0.2, 0.25) is 0 Å². The first-order valence-electron chi connectivity index (χ1n) is 7.34. The van der Waals surface area contributed by atoms with E-state index in [0.29, 0.717) is 29.4 Å². The molecule has 0 unspecified atom stereocenters. The van der Waals surface area contributed by atoms with Gasteiger partial charge in [0, 0.05) is 0 Å². The summed E-state index contributed by atoms with van der Waals surface area (Å²) in [5, 5.41) is 4.83. The highest BCUT2D eigenvalue weighted by atomic mass is 32.1. The van der Waals surface area contributed by atoms with Crippen LogP contribution in [0, 0.1) is 0 Å². The third-order valence-corrected chi connectivity index (χ3v) is 4.38. The van der Waals surface area contributed by atoms with Crippen molar-refractivity contribution >= 4 is 17.2 Å². The van der Waals surface area contributed by atoms with Crippen molar-refractivity contribution in [2.45, 2.75) is 6.54 Å². The van der Waals surface area contributed by atoms with E-state index in [9.17, 15) is 4.79 Å². The lowest BCUT2D eigenvalue weighted by Crippen LogP contribution is -2.23. The highest BCUT2D eigenvalue weighted by Gasteiger charge is 2.16. The molecule has 1 N–H and O–H groups in total. The number of thiophene rings is 1. The second kappa shape index (κ2) is 7.23. The fraction of sp³-hybridized carbons (Fsp3) is 0.167. The zero-order valence-corrected chi connectivity index (χ0v) is 14.2. The van der Waals surface area contributed by atoms with E-state index in [4.69, 9.17) is 13.9 Å². The summed E-state index contributed by atoms with van der Waals surface area (Å²) >= 11 is 1.61. The molecule has 0 aliphatic heterocycles. The van der Waals surface area contributed by atoms with E-state index in [-0.39, 0.29) is 5.91 Å². The van der Waals surface area contributed by atoms with E-state index < -0.39 is 0 Å². The van der Waals surface area contributed by atoms with Crippen LogP contribution in [0.5, 0.6) is 11.5 Å². The van der Waals surface area contributed by atoms with Gasteiger partial charge in [-0.25, -0.2) is 0 Å². The minimum atomic E-state index is -0.250. The monoisotopic (exact) mass is 343 g/mol. The maximum absolute atomic E-state index is 12.4. The van der Waals surface area contributed by atoms with Crippen LogP contribution in [-0.2, 0) is 6.54 Å². The third-order valence-electron chi connectivity index (χ3n) is 3.50. The van der Waals surface area contributed by atoms with Crippen LogP contribution in [0.25, 0.3) is 10.6 Å². The Bertz CT molecular complexity index is 823. The Hall–Kier alpha value is -2.73. The van der Waals surface area contributed by atoms with Crippen molar-refractivity contribution in [1.82, 2.24) is 5.32 Å². The zero-order valence-electron chi connectivity index (χ0n) is 13.4. The lowest BCUT2D eigenvalue weighted by molar-refractivity contribution is 0.0944. The Morgan fingerprint density at radius 3 is 2.71 bits per heavy atom. The zero-order chi connectivity index (χ0) is 16.9. The summed E-state index contributed by atoms with van der Waals surface area (Å²) in [6, 6.07) is 12.9. The number of rotatable bonds is 6. The van der Waals surface area contributed by atoms with Gasteiger partial charge in [0.05, 0.1) is 31.2 Å². The first-order chi connectivity index (χ1) is 11.7. The second-order valence-corrected chi connectivity index (χ2v) is 5.91. The Morgan fingerprint density at radius 1 is 1.12 bits per heavy atom. The molecule has 3 rings (SSSR count). The summed E-state index contributed by atoms with van der Waals surface area (Å²) < 4.78 is 16.3. The van der Waals surface area contributed by atoms with E-state index in [1.807, 2.05) is 29.6 Å². The van der Waals surface area contributed by atoms with E-state index >= 15 is 0 Å². The summed E-state index contributed by atoms with van der Waals surface area (Å²) in [6.45, 7) is 0.296. The van der Waals surface area contributed by atoms with Crippen LogP contribution in [0.1, 0.15) is 16.1 Å². The van der Waals surface area contributed by atoms with Crippen molar-refractivity contribution in [3.8, 4) is 22.1 Å². The fourth-order valence-electron chi connectivity index (χ4n) is 2.35. The highest BCUT2D eigenvalue weighted by Crippen LogP contribution is 2.31. The van der Waals surface area contributed by atoms with E-state index in [1.165, 1.54) is 14.2 Å². The molecule has 0 atom stereocenters. The molecule has 0 aliphatic rings. The van der Waals surface area contributed by atoms with Crippen molar-refractivity contribution in [1.29, 1.82) is 0 Å². The molecular weight excluding hydrogens is 326 g/mol. The largest absolute Gasteiger partial charge is 0.493 e. The normalized spacial score (nSPS) is 10.4. The van der Waals surface area contributed by atoms with Gasteiger partial charge in [0.1, 0.15) is 11.5 Å². The number of methoxy groups -OCH3 is 2. The number of hydrogen-bond donors (Lipinski definition) is 1. The Kier molecular flexibility index (Phi) is 4.86. The smallest absolute Gasteiger partial charge is 0.255 e. The molecule has 0 radical (unpaired) electrons. The molecule has 0 spiro atoms. The van der Waals surface area contributed by atoms with Crippen LogP contribution in [0.15, 0.2) is 52.3 Å². The quantitative estimate of drug-likeness (QED) is 0.736. The third kappa shape index (κ3) is 3.28. The molecule has 1 aromatic carbocycles. The number of benzene rings is 1. The van der Waals surface area contributed by atoms with Crippen molar-refractivity contribution < 1.29 is 18.7 Å². The van der Waals surface area contributed by atoms with Crippen molar-refractivity contribution in [2.75, 3.05) is 14.2 Å². The van der Waals surface area contributed by atoms with E-state index in [0.717, 1.165) is 10.6 Å². The van der Waals surface area contributed by atoms with Crippen LogP contribution < -0.4 is 14.8 Å². The molecule has 2 heterocycles. The molecular formula is C18H17NO4S. The molecule has 0 saturated carbocycles. The van der Waals surface area contributed by atoms with Gasteiger partial charge in [0.25, 0.3) is 5.91 Å². The number of amides is 1. The van der Waals surface area contributed by atoms with Gasteiger partial charge in [-0.3, -0.25) is 4.79 Å². The lowest BCUT2D eigenvalue weighted by atomic mass is 10.1. The van der Waals surface area contributed by atoms with Gasteiger partial charge in [-0.2, -0.15) is 0 Å². The maximum Gasteiger partial charge on any atom is 0.255 e. The Labute approximate surface area is 143 Å². The average molecular weight is 343 g/mol. The van der Waals surface area contributed by atoms with Gasteiger partial charge in [-0.05, 0) is 35.7 Å². The number of nitrogens with one attached hydrogen (secondary N) is 1. The molecule has 1 amide bonds. The molecule has 0 saturated heterocycles. The molecule has 0 bridgehead atoms. The number of carbonyl (C=O) groups is 1. The standard InChI is InChI=1S/C18H17NO4S/c1-21-15-6-3-5-13(17(15)22-2)18(20)19-11-12-8-9-14(23-12)16-7-4-10-24-16/h3-10H,11H2,1-2H3,(H,19,20). The van der Waals surface area contributed by atoms with Gasteiger partial charge < -0.3 is 19.2 Å². The number of furan rings is 1. The van der Waals surface area contributed by atoms with Gasteiger partial charge in [0.2, 0.25) is 0 Å². The number of para-hydroxylation sites is 1. The van der Waals surface area contributed by atoms with Crippen LogP contribution in [0.3, 0.4) is 0 Å². The number of ether oxygens (including phenoxy) is 2. The van der Waals surface area contributed by atoms with Crippen LogP contribution >= 0.6 is 11.3 Å². The Balaban J connectivity index is 1.70. The van der Waals surface area contributed by atoms with Gasteiger partial charge in [-0.1, -0.05) is 12.1 Å². The molecule has 0 aliphatic carbocycles. The van der Waals surface area contributed by atoms with Crippen LogP contribution in [0.4, 0.5) is 0 Å². The summed E-state index contributed by atoms with van der Waals surface area (Å²) in [5.74, 6) is 2.17. The SMILES string of the molecule is COc1cccc(C(=O)NCc2ccc(-c3cccs3)o2)c1OC. The van der Waals surface area contributed by atoms with Crippen molar-refractivity contribution in [3.05, 3.63) is 59.2 Å². The first-order valence-corrected chi connectivity index (χ1v) is 8.22. The van der Waals surface area contributed by atoms with E-state index in [2.05, 4.69) is 5.32 Å². The van der Waals surface area contributed by atoms with Crippen molar-refractivity contribution in [2.24, 2.45) is 0 Å².